The molecule has 0 aromatic carbocycles. The number of nitrogens with one attached hydrogen (secondary N) is 3. The first-order valence-corrected chi connectivity index (χ1v) is 4.50. The molecule has 15 heavy (non-hydrogen) atoms. The van der Waals surface area contributed by atoms with E-state index in [2.05, 4.69) is 10.6 Å². The summed E-state index contributed by atoms with van der Waals surface area (Å²) >= 11 is 0. The van der Waals surface area contributed by atoms with Gasteiger partial charge in [0, 0.05) is 13.0 Å². The Morgan fingerprint density at radius 3 is 2.47 bits per heavy atom. The molecule has 0 aliphatic heterocycles. The van der Waals surface area contributed by atoms with Gasteiger partial charge in [-0.05, 0) is 12.8 Å². The highest BCUT2D eigenvalue weighted by atomic mass is 19.4. The van der Waals surface area contributed by atoms with Crippen molar-refractivity contribution in [3.63, 3.8) is 0 Å². The molecule has 0 atom stereocenters. The third-order valence-electron chi connectivity index (χ3n) is 1.62. The second-order valence-electron chi connectivity index (χ2n) is 2.96. The predicted molar refractivity (Wildman–Crippen MR) is 49.0 cm³/mol. The summed E-state index contributed by atoms with van der Waals surface area (Å²) in [5, 5.41) is 19.8. The van der Waals surface area contributed by atoms with Gasteiger partial charge < -0.3 is 5.32 Å². The van der Waals surface area contributed by atoms with Crippen LogP contribution in [0.5, 0.6) is 0 Å². The zero-order valence-corrected chi connectivity index (χ0v) is 8.12. The summed E-state index contributed by atoms with van der Waals surface area (Å²) in [6.07, 6.45) is -2.19. The number of hydrogen-bond acceptors (Lipinski definition) is 2. The van der Waals surface area contributed by atoms with Crippen LogP contribution in [-0.4, -0.2) is 18.7 Å². The van der Waals surface area contributed by atoms with Crippen LogP contribution in [0.2, 0.25) is 0 Å². The van der Waals surface area contributed by atoms with Gasteiger partial charge in [-0.25, -0.2) is 0 Å². The van der Waals surface area contributed by atoms with Gasteiger partial charge in [0.2, 0.25) is 5.96 Å². The van der Waals surface area contributed by atoms with Crippen molar-refractivity contribution >= 4 is 5.96 Å². The monoisotopic (exact) mass is 222 g/mol. The summed E-state index contributed by atoms with van der Waals surface area (Å²) in [5.41, 5.74) is 0. The lowest BCUT2D eigenvalue weighted by atomic mass is 10.2. The van der Waals surface area contributed by atoms with Crippen molar-refractivity contribution in [2.45, 2.75) is 31.9 Å². The number of guanidine groups is 1. The van der Waals surface area contributed by atoms with Gasteiger partial charge in [-0.15, -0.1) is 0 Å². The van der Waals surface area contributed by atoms with Crippen molar-refractivity contribution < 1.29 is 13.2 Å². The number of nitrogens with zero attached hydrogens (tertiary/aromatic N) is 1. The first-order chi connectivity index (χ1) is 6.95. The maximum absolute atomic E-state index is 11.7. The molecule has 0 aliphatic carbocycles. The molecule has 7 heteroatoms. The summed E-state index contributed by atoms with van der Waals surface area (Å²) in [6.45, 7) is 0.394. The number of rotatable bonds is 5. The molecule has 0 spiro atoms. The van der Waals surface area contributed by atoms with Gasteiger partial charge in [-0.3, -0.25) is 10.7 Å². The Morgan fingerprint density at radius 2 is 1.93 bits per heavy atom. The summed E-state index contributed by atoms with van der Waals surface area (Å²) in [4.78, 5) is 0. The van der Waals surface area contributed by atoms with Crippen LogP contribution >= 0.6 is 0 Å². The van der Waals surface area contributed by atoms with Crippen molar-refractivity contribution in [2.24, 2.45) is 0 Å². The molecule has 0 saturated heterocycles. The minimum atomic E-state index is -4.08. The molecular formula is C8H13F3N4. The van der Waals surface area contributed by atoms with Gasteiger partial charge in [-0.2, -0.15) is 18.4 Å². The minimum Gasteiger partial charge on any atom is -0.356 e. The predicted octanol–water partition coefficient (Wildman–Crippen LogP) is 1.70. The molecule has 4 nitrogen and oxygen atoms in total. The lowest BCUT2D eigenvalue weighted by Crippen LogP contribution is -2.33. The highest BCUT2D eigenvalue weighted by molar-refractivity contribution is 5.77. The smallest absolute Gasteiger partial charge is 0.356 e. The van der Waals surface area contributed by atoms with E-state index in [1.54, 1.807) is 6.19 Å². The Balaban J connectivity index is 3.26. The second-order valence-corrected chi connectivity index (χ2v) is 2.96. The SMILES string of the molecule is N#CNC(=N)NCCCCCC(F)(F)F. The quantitative estimate of drug-likeness (QED) is 0.218. The molecule has 0 saturated carbocycles. The van der Waals surface area contributed by atoms with E-state index >= 15 is 0 Å². The third-order valence-corrected chi connectivity index (χ3v) is 1.62. The fraction of sp³-hybridized carbons (Fsp3) is 0.750. The van der Waals surface area contributed by atoms with E-state index in [4.69, 9.17) is 10.7 Å². The number of nitriles is 1. The summed E-state index contributed by atoms with van der Waals surface area (Å²) in [7, 11) is 0. The number of unbranched alkanes of at least 4 members (excludes halogenated alkanes) is 2. The van der Waals surface area contributed by atoms with E-state index in [1.807, 2.05) is 0 Å². The number of hydrogen-bond donors (Lipinski definition) is 3. The standard InChI is InChI=1S/C8H13F3N4/c9-8(10,11)4-2-1-3-5-14-7(13)15-6-12/h1-5H2,(H3,13,14,15). The van der Waals surface area contributed by atoms with Crippen LogP contribution in [0.1, 0.15) is 25.7 Å². The van der Waals surface area contributed by atoms with Crippen LogP contribution in [-0.2, 0) is 0 Å². The van der Waals surface area contributed by atoms with Crippen molar-refractivity contribution in [1.82, 2.24) is 10.6 Å². The van der Waals surface area contributed by atoms with Gasteiger partial charge in [0.15, 0.2) is 6.19 Å². The van der Waals surface area contributed by atoms with E-state index in [0.717, 1.165) is 0 Å². The Morgan fingerprint density at radius 1 is 1.27 bits per heavy atom. The highest BCUT2D eigenvalue weighted by Gasteiger charge is 2.25. The van der Waals surface area contributed by atoms with Crippen LogP contribution in [0, 0.1) is 16.9 Å². The lowest BCUT2D eigenvalue weighted by Gasteiger charge is -2.07. The first kappa shape index (κ1) is 13.5. The largest absolute Gasteiger partial charge is 0.389 e. The molecular weight excluding hydrogens is 209 g/mol. The zero-order valence-electron chi connectivity index (χ0n) is 8.12. The molecule has 0 aromatic rings. The van der Waals surface area contributed by atoms with E-state index in [1.165, 1.54) is 0 Å². The zero-order chi connectivity index (χ0) is 11.7. The van der Waals surface area contributed by atoms with Crippen molar-refractivity contribution in [3.05, 3.63) is 0 Å². The summed E-state index contributed by atoms with van der Waals surface area (Å²) < 4.78 is 35.1. The number of alkyl halides is 3. The molecule has 0 unspecified atom stereocenters. The van der Waals surface area contributed by atoms with Crippen LogP contribution < -0.4 is 10.6 Å². The van der Waals surface area contributed by atoms with Crippen LogP contribution in [0.4, 0.5) is 13.2 Å². The maximum Gasteiger partial charge on any atom is 0.389 e. The molecule has 0 heterocycles. The highest BCUT2D eigenvalue weighted by Crippen LogP contribution is 2.22. The van der Waals surface area contributed by atoms with Crippen molar-refractivity contribution in [1.29, 1.82) is 10.7 Å². The van der Waals surface area contributed by atoms with Gasteiger partial charge in [-0.1, -0.05) is 6.42 Å². The minimum absolute atomic E-state index is 0.101. The van der Waals surface area contributed by atoms with Gasteiger partial charge >= 0.3 is 6.18 Å². The topological polar surface area (TPSA) is 71.7 Å². The molecule has 0 radical (unpaired) electrons. The third kappa shape index (κ3) is 10.5. The second kappa shape index (κ2) is 6.92. The normalized spacial score (nSPS) is 10.5. The Kier molecular flexibility index (Phi) is 6.25. The number of halogens is 3. The summed E-state index contributed by atoms with van der Waals surface area (Å²) in [6, 6.07) is 0. The average Bonchev–Trinajstić information content (AvgIpc) is 2.09. The Hall–Kier alpha value is -1.45. The van der Waals surface area contributed by atoms with Crippen LogP contribution in [0.3, 0.4) is 0 Å². The van der Waals surface area contributed by atoms with Crippen molar-refractivity contribution in [3.8, 4) is 6.19 Å². The van der Waals surface area contributed by atoms with Crippen molar-refractivity contribution in [2.75, 3.05) is 6.54 Å². The van der Waals surface area contributed by atoms with E-state index in [9.17, 15) is 13.2 Å². The molecule has 0 aliphatic rings. The molecule has 0 bridgehead atoms. The average molecular weight is 222 g/mol. The first-order valence-electron chi connectivity index (χ1n) is 4.50. The van der Waals surface area contributed by atoms with E-state index in [-0.39, 0.29) is 12.4 Å². The van der Waals surface area contributed by atoms with E-state index < -0.39 is 12.6 Å². The van der Waals surface area contributed by atoms with Gasteiger partial charge in [0.05, 0.1) is 0 Å². The maximum atomic E-state index is 11.7. The van der Waals surface area contributed by atoms with Gasteiger partial charge in [0.25, 0.3) is 0 Å². The Bertz CT molecular complexity index is 231. The fourth-order valence-corrected chi connectivity index (χ4v) is 0.941. The van der Waals surface area contributed by atoms with Gasteiger partial charge in [0.1, 0.15) is 0 Å². The molecule has 0 aromatic heterocycles. The molecule has 0 amide bonds. The lowest BCUT2D eigenvalue weighted by molar-refractivity contribution is -0.135. The molecule has 86 valence electrons. The molecule has 3 N–H and O–H groups in total. The summed E-state index contributed by atoms with van der Waals surface area (Å²) in [5.74, 6) is -0.131. The molecule has 0 fully saturated rings. The fourth-order valence-electron chi connectivity index (χ4n) is 0.941. The molecule has 0 rings (SSSR count). The van der Waals surface area contributed by atoms with Crippen LogP contribution in [0.25, 0.3) is 0 Å². The van der Waals surface area contributed by atoms with E-state index in [0.29, 0.717) is 19.4 Å². The Labute approximate surface area is 86.0 Å². The van der Waals surface area contributed by atoms with Crippen LogP contribution in [0.15, 0.2) is 0 Å².